The first-order valence-corrected chi connectivity index (χ1v) is 5.71. The van der Waals surface area contributed by atoms with Crippen LogP contribution in [0.1, 0.15) is 11.6 Å². The smallest absolute Gasteiger partial charge is 0.327 e. The maximum atomic E-state index is 11.3. The summed E-state index contributed by atoms with van der Waals surface area (Å²) in [6.07, 6.45) is 0. The highest BCUT2D eigenvalue weighted by Gasteiger charge is 2.15. The Hall–Kier alpha value is -2.13. The van der Waals surface area contributed by atoms with Gasteiger partial charge in [-0.1, -0.05) is 54.6 Å². The second-order valence-corrected chi connectivity index (χ2v) is 3.99. The number of esters is 1. The summed E-state index contributed by atoms with van der Waals surface area (Å²) in [5.41, 5.74) is 8.74. The number of carbonyl (C=O) groups is 1. The zero-order chi connectivity index (χ0) is 13.0. The van der Waals surface area contributed by atoms with Gasteiger partial charge in [-0.25, -0.2) is 0 Å². The molecule has 2 N–H and O–H groups in total. The summed E-state index contributed by atoms with van der Waals surface area (Å²) in [7, 11) is 1.33. The highest BCUT2D eigenvalue weighted by molar-refractivity contribution is 5.77. The Morgan fingerprint density at radius 2 is 1.56 bits per heavy atom. The number of rotatable bonds is 3. The maximum Gasteiger partial charge on any atom is 0.327 e. The van der Waals surface area contributed by atoms with Crippen molar-refractivity contribution in [2.75, 3.05) is 7.11 Å². The van der Waals surface area contributed by atoms with Crippen molar-refractivity contribution in [1.82, 2.24) is 0 Å². The number of hydrogen-bond acceptors (Lipinski definition) is 3. The lowest BCUT2D eigenvalue weighted by Gasteiger charge is -2.10. The van der Waals surface area contributed by atoms with Gasteiger partial charge in [0.25, 0.3) is 0 Å². The average Bonchev–Trinajstić information content (AvgIpc) is 2.47. The lowest BCUT2D eigenvalue weighted by molar-refractivity contribution is -0.142. The topological polar surface area (TPSA) is 52.3 Å². The van der Waals surface area contributed by atoms with Gasteiger partial charge in [-0.15, -0.1) is 0 Å². The molecule has 2 rings (SSSR count). The van der Waals surface area contributed by atoms with E-state index in [1.165, 1.54) is 7.11 Å². The molecular weight excluding hydrogens is 226 g/mol. The standard InChI is InChI=1S/C15H15NO2/c1-18-15(17)14(16)13-9-7-12(8-10-13)11-5-3-2-4-6-11/h2-10,14H,16H2,1H3/t14-/m1/s1. The van der Waals surface area contributed by atoms with Crippen molar-refractivity contribution in [2.45, 2.75) is 6.04 Å². The molecule has 0 unspecified atom stereocenters. The van der Waals surface area contributed by atoms with E-state index in [1.807, 2.05) is 54.6 Å². The first-order valence-electron chi connectivity index (χ1n) is 5.71. The second-order valence-electron chi connectivity index (χ2n) is 3.99. The molecular formula is C15H15NO2. The molecule has 0 amide bonds. The predicted molar refractivity (Wildman–Crippen MR) is 70.8 cm³/mol. The van der Waals surface area contributed by atoms with Gasteiger partial charge in [0.2, 0.25) is 0 Å². The molecule has 0 spiro atoms. The van der Waals surface area contributed by atoms with Gasteiger partial charge in [0.05, 0.1) is 7.11 Å². The third-order valence-electron chi connectivity index (χ3n) is 2.83. The minimum absolute atomic E-state index is 0.428. The zero-order valence-electron chi connectivity index (χ0n) is 10.2. The number of nitrogens with two attached hydrogens (primary N) is 1. The minimum atomic E-state index is -0.722. The van der Waals surface area contributed by atoms with Crippen LogP contribution in [-0.2, 0) is 9.53 Å². The lowest BCUT2D eigenvalue weighted by atomic mass is 10.0. The molecule has 0 bridgehead atoms. The van der Waals surface area contributed by atoms with Crippen LogP contribution < -0.4 is 5.73 Å². The molecule has 0 aliphatic heterocycles. The summed E-state index contributed by atoms with van der Waals surface area (Å²) in [5.74, 6) is -0.428. The van der Waals surface area contributed by atoms with E-state index in [4.69, 9.17) is 5.73 Å². The quantitative estimate of drug-likeness (QED) is 0.840. The van der Waals surface area contributed by atoms with E-state index in [9.17, 15) is 4.79 Å². The number of benzene rings is 2. The van der Waals surface area contributed by atoms with E-state index in [2.05, 4.69) is 4.74 Å². The van der Waals surface area contributed by atoms with E-state index >= 15 is 0 Å². The Balaban J connectivity index is 2.23. The second kappa shape index (κ2) is 5.47. The SMILES string of the molecule is COC(=O)[C@H](N)c1ccc(-c2ccccc2)cc1. The van der Waals surface area contributed by atoms with Crippen LogP contribution in [0.2, 0.25) is 0 Å². The highest BCUT2D eigenvalue weighted by Crippen LogP contribution is 2.21. The third-order valence-corrected chi connectivity index (χ3v) is 2.83. The van der Waals surface area contributed by atoms with Crippen molar-refractivity contribution in [3.63, 3.8) is 0 Å². The van der Waals surface area contributed by atoms with E-state index in [0.29, 0.717) is 0 Å². The molecule has 1 atom stereocenters. The minimum Gasteiger partial charge on any atom is -0.468 e. The van der Waals surface area contributed by atoms with Crippen molar-refractivity contribution < 1.29 is 9.53 Å². The van der Waals surface area contributed by atoms with Crippen LogP contribution in [0.15, 0.2) is 54.6 Å². The van der Waals surface area contributed by atoms with E-state index in [1.54, 1.807) is 0 Å². The van der Waals surface area contributed by atoms with Crippen molar-refractivity contribution in [3.8, 4) is 11.1 Å². The highest BCUT2D eigenvalue weighted by atomic mass is 16.5. The summed E-state index contributed by atoms with van der Waals surface area (Å²) in [5, 5.41) is 0. The van der Waals surface area contributed by atoms with Crippen LogP contribution in [0.25, 0.3) is 11.1 Å². The summed E-state index contributed by atoms with van der Waals surface area (Å²) in [6.45, 7) is 0. The van der Waals surface area contributed by atoms with E-state index in [0.717, 1.165) is 16.7 Å². The molecule has 0 aliphatic carbocycles. The molecule has 18 heavy (non-hydrogen) atoms. The Morgan fingerprint density at radius 1 is 1.00 bits per heavy atom. The molecule has 92 valence electrons. The van der Waals surface area contributed by atoms with Gasteiger partial charge in [-0.3, -0.25) is 4.79 Å². The van der Waals surface area contributed by atoms with Crippen molar-refractivity contribution in [1.29, 1.82) is 0 Å². The maximum absolute atomic E-state index is 11.3. The average molecular weight is 241 g/mol. The van der Waals surface area contributed by atoms with Gasteiger partial charge in [0.1, 0.15) is 6.04 Å². The van der Waals surface area contributed by atoms with Crippen LogP contribution in [0.4, 0.5) is 0 Å². The number of methoxy groups -OCH3 is 1. The van der Waals surface area contributed by atoms with Crippen LogP contribution in [0.3, 0.4) is 0 Å². The van der Waals surface area contributed by atoms with Crippen molar-refractivity contribution >= 4 is 5.97 Å². The number of carbonyl (C=O) groups excluding carboxylic acids is 1. The van der Waals surface area contributed by atoms with Crippen LogP contribution in [0.5, 0.6) is 0 Å². The first-order chi connectivity index (χ1) is 8.72. The fourth-order valence-corrected chi connectivity index (χ4v) is 1.78. The lowest BCUT2D eigenvalue weighted by Crippen LogP contribution is -2.22. The number of ether oxygens (including phenoxy) is 1. The molecule has 0 heterocycles. The first kappa shape index (κ1) is 12.3. The van der Waals surface area contributed by atoms with Gasteiger partial charge in [-0.05, 0) is 16.7 Å². The predicted octanol–water partition coefficient (Wildman–Crippen LogP) is 2.53. The largest absolute Gasteiger partial charge is 0.468 e. The summed E-state index contributed by atoms with van der Waals surface area (Å²) in [4.78, 5) is 11.3. The Morgan fingerprint density at radius 3 is 2.11 bits per heavy atom. The Kier molecular flexibility index (Phi) is 3.75. The third kappa shape index (κ3) is 2.57. The summed E-state index contributed by atoms with van der Waals surface area (Å²) in [6, 6.07) is 16.9. The fraction of sp³-hybridized carbons (Fsp3) is 0.133. The molecule has 3 nitrogen and oxygen atoms in total. The Labute approximate surface area is 106 Å². The van der Waals surface area contributed by atoms with E-state index in [-0.39, 0.29) is 0 Å². The molecule has 0 radical (unpaired) electrons. The molecule has 0 aromatic heterocycles. The molecule has 2 aromatic carbocycles. The molecule has 0 fully saturated rings. The monoisotopic (exact) mass is 241 g/mol. The van der Waals surface area contributed by atoms with E-state index < -0.39 is 12.0 Å². The van der Waals surface area contributed by atoms with Gasteiger partial charge >= 0.3 is 5.97 Å². The molecule has 0 saturated heterocycles. The van der Waals surface area contributed by atoms with Crippen molar-refractivity contribution in [3.05, 3.63) is 60.2 Å². The number of hydrogen-bond donors (Lipinski definition) is 1. The molecule has 0 saturated carbocycles. The van der Waals surface area contributed by atoms with Gasteiger partial charge < -0.3 is 10.5 Å². The Bertz CT molecular complexity index is 520. The fourth-order valence-electron chi connectivity index (χ4n) is 1.78. The van der Waals surface area contributed by atoms with Gasteiger partial charge in [0, 0.05) is 0 Å². The normalized spacial score (nSPS) is 11.9. The van der Waals surface area contributed by atoms with Crippen LogP contribution in [-0.4, -0.2) is 13.1 Å². The summed E-state index contributed by atoms with van der Waals surface area (Å²) < 4.78 is 4.62. The molecule has 3 heteroatoms. The van der Waals surface area contributed by atoms with Gasteiger partial charge in [0.15, 0.2) is 0 Å². The molecule has 2 aromatic rings. The van der Waals surface area contributed by atoms with Crippen LogP contribution in [0, 0.1) is 0 Å². The zero-order valence-corrected chi connectivity index (χ0v) is 10.2. The summed E-state index contributed by atoms with van der Waals surface area (Å²) >= 11 is 0. The molecule has 0 aliphatic rings. The van der Waals surface area contributed by atoms with Crippen LogP contribution >= 0.6 is 0 Å². The van der Waals surface area contributed by atoms with Gasteiger partial charge in [-0.2, -0.15) is 0 Å². The van der Waals surface area contributed by atoms with Crippen molar-refractivity contribution in [2.24, 2.45) is 5.73 Å².